The molecule has 0 unspecified atom stereocenters. The fourth-order valence-electron chi connectivity index (χ4n) is 2.50. The van der Waals surface area contributed by atoms with Gasteiger partial charge < -0.3 is 9.67 Å². The largest absolute Gasteiger partial charge is 0.476 e. The van der Waals surface area contributed by atoms with Gasteiger partial charge in [-0.15, -0.1) is 0 Å². The molecule has 2 rings (SSSR count). The fraction of sp³-hybridized carbons (Fsp3) is 0.636. The van der Waals surface area contributed by atoms with Crippen LogP contribution < -0.4 is 0 Å². The number of aromatic nitrogens is 2. The van der Waals surface area contributed by atoms with Crippen LogP contribution in [0.2, 0.25) is 0 Å². The van der Waals surface area contributed by atoms with Gasteiger partial charge in [-0.3, -0.25) is 0 Å². The number of rotatable bonds is 2. The summed E-state index contributed by atoms with van der Waals surface area (Å²) in [5.74, 6) is -0.968. The molecule has 0 aliphatic heterocycles. The minimum absolute atomic E-state index is 0.119. The van der Waals surface area contributed by atoms with Gasteiger partial charge in [0.1, 0.15) is 0 Å². The molecular weight excluding hydrogens is 192 g/mol. The Hall–Kier alpha value is -1.32. The molecule has 82 valence electrons. The third-order valence-corrected chi connectivity index (χ3v) is 4.06. The highest BCUT2D eigenvalue weighted by Crippen LogP contribution is 2.71. The Kier molecular flexibility index (Phi) is 1.78. The third-order valence-electron chi connectivity index (χ3n) is 4.06. The van der Waals surface area contributed by atoms with E-state index in [0.717, 1.165) is 0 Å². The van der Waals surface area contributed by atoms with Crippen molar-refractivity contribution >= 4 is 5.97 Å². The molecule has 0 radical (unpaired) electrons. The van der Waals surface area contributed by atoms with E-state index < -0.39 is 5.97 Å². The Bertz CT molecular complexity index is 404. The Morgan fingerprint density at radius 2 is 1.93 bits per heavy atom. The zero-order chi connectivity index (χ0) is 11.4. The van der Waals surface area contributed by atoms with E-state index in [2.05, 4.69) is 32.7 Å². The first-order valence-corrected chi connectivity index (χ1v) is 5.05. The van der Waals surface area contributed by atoms with E-state index in [1.165, 1.54) is 0 Å². The SMILES string of the molecule is CC1(C)C(n2cnc(C(=O)O)c2)C1(C)C. The molecule has 0 atom stereocenters. The van der Waals surface area contributed by atoms with Crippen molar-refractivity contribution in [2.45, 2.75) is 33.7 Å². The van der Waals surface area contributed by atoms with Gasteiger partial charge in [-0.1, -0.05) is 27.7 Å². The van der Waals surface area contributed by atoms with Gasteiger partial charge in [-0.2, -0.15) is 0 Å². The van der Waals surface area contributed by atoms with Crippen LogP contribution in [0.4, 0.5) is 0 Å². The molecule has 1 aromatic rings. The second kappa shape index (κ2) is 2.62. The molecule has 1 aliphatic rings. The molecule has 0 spiro atoms. The molecule has 1 fully saturated rings. The number of carboxylic acids is 1. The molecule has 4 nitrogen and oxygen atoms in total. The molecule has 1 N–H and O–H groups in total. The van der Waals surface area contributed by atoms with Crippen LogP contribution in [0, 0.1) is 10.8 Å². The fourth-order valence-corrected chi connectivity index (χ4v) is 2.50. The van der Waals surface area contributed by atoms with Crippen LogP contribution in [-0.2, 0) is 0 Å². The Labute approximate surface area is 88.9 Å². The minimum Gasteiger partial charge on any atom is -0.476 e. The minimum atomic E-state index is -0.968. The number of carbonyl (C=O) groups is 1. The molecule has 1 aromatic heterocycles. The van der Waals surface area contributed by atoms with Crippen molar-refractivity contribution in [3.05, 3.63) is 18.2 Å². The highest BCUT2D eigenvalue weighted by molar-refractivity contribution is 5.84. The second-order valence-electron chi connectivity index (χ2n) is 5.36. The predicted octanol–water partition coefficient (Wildman–Crippen LogP) is 2.19. The zero-order valence-electron chi connectivity index (χ0n) is 9.48. The van der Waals surface area contributed by atoms with Crippen LogP contribution in [0.25, 0.3) is 0 Å². The van der Waals surface area contributed by atoms with Gasteiger partial charge >= 0.3 is 5.97 Å². The summed E-state index contributed by atoms with van der Waals surface area (Å²) >= 11 is 0. The van der Waals surface area contributed by atoms with Crippen LogP contribution in [0.3, 0.4) is 0 Å². The maximum atomic E-state index is 10.7. The maximum Gasteiger partial charge on any atom is 0.356 e. The van der Waals surface area contributed by atoms with Gasteiger partial charge in [0.25, 0.3) is 0 Å². The van der Waals surface area contributed by atoms with Crippen LogP contribution >= 0.6 is 0 Å². The quantitative estimate of drug-likeness (QED) is 0.810. The third kappa shape index (κ3) is 1.20. The first-order valence-electron chi connectivity index (χ1n) is 5.05. The van der Waals surface area contributed by atoms with Crippen molar-refractivity contribution in [1.82, 2.24) is 9.55 Å². The van der Waals surface area contributed by atoms with Gasteiger partial charge in [0.15, 0.2) is 5.69 Å². The number of hydrogen-bond acceptors (Lipinski definition) is 2. The summed E-state index contributed by atoms with van der Waals surface area (Å²) in [5.41, 5.74) is 0.515. The molecular formula is C11H16N2O2. The summed E-state index contributed by atoms with van der Waals surface area (Å²) in [7, 11) is 0. The van der Waals surface area contributed by atoms with Gasteiger partial charge in [0.05, 0.1) is 6.33 Å². The number of carboxylic acid groups (broad SMARTS) is 1. The number of nitrogens with zero attached hydrogens (tertiary/aromatic N) is 2. The average Bonchev–Trinajstić information content (AvgIpc) is 2.52. The number of aromatic carboxylic acids is 1. The van der Waals surface area contributed by atoms with Gasteiger partial charge in [0.2, 0.25) is 0 Å². The molecule has 1 heterocycles. The molecule has 0 saturated heterocycles. The van der Waals surface area contributed by atoms with E-state index in [-0.39, 0.29) is 16.5 Å². The lowest BCUT2D eigenvalue weighted by Crippen LogP contribution is -1.99. The van der Waals surface area contributed by atoms with Crippen molar-refractivity contribution in [2.24, 2.45) is 10.8 Å². The van der Waals surface area contributed by atoms with Crippen LogP contribution in [-0.4, -0.2) is 20.6 Å². The predicted molar refractivity (Wildman–Crippen MR) is 55.8 cm³/mol. The average molecular weight is 208 g/mol. The van der Waals surface area contributed by atoms with Crippen LogP contribution in [0.15, 0.2) is 12.5 Å². The molecule has 1 aliphatic carbocycles. The summed E-state index contributed by atoms with van der Waals surface area (Å²) in [6, 6.07) is 0.339. The first-order chi connectivity index (χ1) is 6.78. The van der Waals surface area contributed by atoms with Gasteiger partial charge in [-0.05, 0) is 10.8 Å². The van der Waals surface area contributed by atoms with E-state index in [4.69, 9.17) is 5.11 Å². The molecule has 0 bridgehead atoms. The van der Waals surface area contributed by atoms with Crippen molar-refractivity contribution in [3.8, 4) is 0 Å². The van der Waals surface area contributed by atoms with Crippen molar-refractivity contribution in [3.63, 3.8) is 0 Å². The van der Waals surface area contributed by atoms with Gasteiger partial charge in [0, 0.05) is 12.2 Å². The van der Waals surface area contributed by atoms with Crippen LogP contribution in [0.1, 0.15) is 44.2 Å². The van der Waals surface area contributed by atoms with Crippen LogP contribution in [0.5, 0.6) is 0 Å². The van der Waals surface area contributed by atoms with Crippen molar-refractivity contribution < 1.29 is 9.90 Å². The molecule has 4 heteroatoms. The van der Waals surface area contributed by atoms with Crippen molar-refractivity contribution in [1.29, 1.82) is 0 Å². The summed E-state index contributed by atoms with van der Waals surface area (Å²) in [5, 5.41) is 8.78. The first kappa shape index (κ1) is 10.2. The van der Waals surface area contributed by atoms with Crippen molar-refractivity contribution in [2.75, 3.05) is 0 Å². The summed E-state index contributed by atoms with van der Waals surface area (Å²) < 4.78 is 1.92. The molecule has 1 saturated carbocycles. The van der Waals surface area contributed by atoms with E-state index in [0.29, 0.717) is 6.04 Å². The molecule has 15 heavy (non-hydrogen) atoms. The second-order valence-corrected chi connectivity index (χ2v) is 5.36. The lowest BCUT2D eigenvalue weighted by molar-refractivity contribution is 0.0691. The topological polar surface area (TPSA) is 55.1 Å². The molecule has 0 aromatic carbocycles. The lowest BCUT2D eigenvalue weighted by atomic mass is 10.0. The summed E-state index contributed by atoms with van der Waals surface area (Å²) in [4.78, 5) is 14.6. The van der Waals surface area contributed by atoms with E-state index in [1.807, 2.05) is 4.57 Å². The lowest BCUT2D eigenvalue weighted by Gasteiger charge is -2.02. The Balaban J connectivity index is 2.30. The smallest absolute Gasteiger partial charge is 0.356 e. The zero-order valence-corrected chi connectivity index (χ0v) is 9.48. The van der Waals surface area contributed by atoms with E-state index in [9.17, 15) is 4.79 Å². The highest BCUT2D eigenvalue weighted by Gasteiger charge is 2.65. The van der Waals surface area contributed by atoms with E-state index in [1.54, 1.807) is 12.5 Å². The maximum absolute atomic E-state index is 10.7. The standard InChI is InChI=1S/C11H16N2O2/c1-10(2)9(11(10,3)4)13-5-7(8(14)15)12-6-13/h5-6,9H,1-4H3,(H,14,15). The summed E-state index contributed by atoms with van der Waals surface area (Å²) in [6.45, 7) is 8.77. The van der Waals surface area contributed by atoms with Gasteiger partial charge in [-0.25, -0.2) is 9.78 Å². The number of hydrogen-bond donors (Lipinski definition) is 1. The Morgan fingerprint density at radius 1 is 1.40 bits per heavy atom. The molecule has 0 amide bonds. The highest BCUT2D eigenvalue weighted by atomic mass is 16.4. The normalized spacial score (nSPS) is 22.7. The monoisotopic (exact) mass is 208 g/mol. The Morgan fingerprint density at radius 3 is 2.27 bits per heavy atom. The number of imidazole rings is 1. The van der Waals surface area contributed by atoms with E-state index >= 15 is 0 Å². The summed E-state index contributed by atoms with van der Waals surface area (Å²) in [6.07, 6.45) is 3.23.